The number of carbonyl (C=O) groups excluding carboxylic acids is 3. The summed E-state index contributed by atoms with van der Waals surface area (Å²) in [7, 11) is 1.29. The Labute approximate surface area is 194 Å². The highest BCUT2D eigenvalue weighted by atomic mass is 35.5. The fraction of sp³-hybridized carbons (Fsp3) is 0.435. The van der Waals surface area contributed by atoms with Gasteiger partial charge in [-0.1, -0.05) is 30.4 Å². The van der Waals surface area contributed by atoms with Crippen LogP contribution in [0.15, 0.2) is 42.6 Å². The number of allylic oxidation sites excluding steroid dienone is 1. The number of amides is 2. The van der Waals surface area contributed by atoms with Crippen molar-refractivity contribution in [3.05, 3.63) is 48.2 Å². The molecule has 0 fully saturated rings. The summed E-state index contributed by atoms with van der Waals surface area (Å²) in [4.78, 5) is 37.9. The average molecular weight is 463 g/mol. The van der Waals surface area contributed by atoms with Gasteiger partial charge in [0.2, 0.25) is 11.8 Å². The third kappa shape index (κ3) is 6.34. The monoisotopic (exact) mass is 462 g/mol. The van der Waals surface area contributed by atoms with E-state index in [4.69, 9.17) is 10.5 Å². The Bertz CT molecular complexity index is 972. The summed E-state index contributed by atoms with van der Waals surface area (Å²) < 4.78 is 6.92. The van der Waals surface area contributed by atoms with Gasteiger partial charge in [-0.3, -0.25) is 9.59 Å². The molecule has 2 amide bonds. The van der Waals surface area contributed by atoms with Gasteiger partial charge in [0.1, 0.15) is 12.1 Å². The van der Waals surface area contributed by atoms with Crippen molar-refractivity contribution >= 4 is 41.1 Å². The standard InChI is InChI=1S/C23H30N4O4.ClH/c1-31-23(30)19-10-5-7-13-27-15-16(17-8-2-3-11-20(17)27)14-21(28)25-18(22(29)26-19)9-4-6-12-24;/h2-3,5,7-8,11,15,18-19H,4,6,9-10,12-14,24H2,1H3,(H,25,28)(H,26,29);1H/b7-5+;/t18-,19+;/m1./s1. The topological polar surface area (TPSA) is 115 Å². The van der Waals surface area contributed by atoms with Crippen LogP contribution >= 0.6 is 12.4 Å². The van der Waals surface area contributed by atoms with Crippen molar-refractivity contribution in [3.63, 3.8) is 0 Å². The van der Waals surface area contributed by atoms with E-state index in [0.717, 1.165) is 22.9 Å². The number of nitrogens with one attached hydrogen (secondary N) is 2. The van der Waals surface area contributed by atoms with Crippen LogP contribution in [0.4, 0.5) is 0 Å². The zero-order valence-corrected chi connectivity index (χ0v) is 19.0. The lowest BCUT2D eigenvalue weighted by Gasteiger charge is -2.22. The van der Waals surface area contributed by atoms with Gasteiger partial charge in [0, 0.05) is 23.6 Å². The van der Waals surface area contributed by atoms with E-state index in [1.165, 1.54) is 7.11 Å². The van der Waals surface area contributed by atoms with Gasteiger partial charge in [-0.25, -0.2) is 4.79 Å². The Morgan fingerprint density at radius 1 is 1.19 bits per heavy atom. The van der Waals surface area contributed by atoms with Crippen LogP contribution in [0.1, 0.15) is 31.2 Å². The molecule has 1 aromatic heterocycles. The molecule has 1 aromatic carbocycles. The van der Waals surface area contributed by atoms with Crippen LogP contribution < -0.4 is 16.4 Å². The summed E-state index contributed by atoms with van der Waals surface area (Å²) in [6.45, 7) is 1.10. The number of hydrogen-bond acceptors (Lipinski definition) is 5. The largest absolute Gasteiger partial charge is 0.467 e. The highest BCUT2D eigenvalue weighted by Crippen LogP contribution is 2.22. The first-order chi connectivity index (χ1) is 15.0. The number of nitrogens with zero attached hydrogens (tertiary/aromatic N) is 1. The molecular weight excluding hydrogens is 432 g/mol. The highest BCUT2D eigenvalue weighted by Gasteiger charge is 2.27. The van der Waals surface area contributed by atoms with Crippen LogP contribution in [-0.4, -0.2) is 48.1 Å². The second kappa shape index (κ2) is 12.3. The lowest BCUT2D eigenvalue weighted by molar-refractivity contribution is -0.145. The fourth-order valence-corrected chi connectivity index (χ4v) is 3.84. The third-order valence-corrected chi connectivity index (χ3v) is 5.46. The molecule has 0 radical (unpaired) electrons. The Morgan fingerprint density at radius 3 is 2.72 bits per heavy atom. The number of carbonyl (C=O) groups is 3. The average Bonchev–Trinajstić information content (AvgIpc) is 3.11. The van der Waals surface area contributed by atoms with Crippen LogP contribution in [-0.2, 0) is 32.1 Å². The van der Waals surface area contributed by atoms with Gasteiger partial charge in [0.05, 0.1) is 13.5 Å². The lowest BCUT2D eigenvalue weighted by atomic mass is 10.1. The van der Waals surface area contributed by atoms with Crippen molar-refractivity contribution in [2.24, 2.45) is 5.73 Å². The number of halogens is 1. The molecule has 0 spiro atoms. The molecule has 9 heteroatoms. The molecule has 2 atom stereocenters. The maximum Gasteiger partial charge on any atom is 0.328 e. The minimum atomic E-state index is -0.817. The quantitative estimate of drug-likeness (QED) is 0.356. The summed E-state index contributed by atoms with van der Waals surface area (Å²) >= 11 is 0. The summed E-state index contributed by atoms with van der Waals surface area (Å²) in [5.74, 6) is -1.16. The number of nitrogens with two attached hydrogens (primary N) is 1. The Balaban J connectivity index is 0.00000363. The molecule has 2 bridgehead atoms. The van der Waals surface area contributed by atoms with E-state index in [0.29, 0.717) is 32.4 Å². The van der Waals surface area contributed by atoms with Crippen molar-refractivity contribution < 1.29 is 19.1 Å². The molecule has 1 aliphatic rings. The maximum atomic E-state index is 12.9. The first-order valence-electron chi connectivity index (χ1n) is 10.6. The van der Waals surface area contributed by atoms with Gasteiger partial charge in [0.25, 0.3) is 0 Å². The Morgan fingerprint density at radius 2 is 1.97 bits per heavy atom. The number of unbranched alkanes of at least 4 members (excludes halogenated alkanes) is 1. The van der Waals surface area contributed by atoms with E-state index in [1.54, 1.807) is 0 Å². The van der Waals surface area contributed by atoms with E-state index in [2.05, 4.69) is 15.2 Å². The van der Waals surface area contributed by atoms with Crippen LogP contribution in [0, 0.1) is 0 Å². The van der Waals surface area contributed by atoms with Gasteiger partial charge >= 0.3 is 5.97 Å². The number of fused-ring (bicyclic) bond motifs is 5. The normalized spacial score (nSPS) is 20.4. The molecule has 3 rings (SSSR count). The summed E-state index contributed by atoms with van der Waals surface area (Å²) in [5.41, 5.74) is 7.51. The van der Waals surface area contributed by atoms with Crippen molar-refractivity contribution in [2.75, 3.05) is 13.7 Å². The third-order valence-electron chi connectivity index (χ3n) is 5.46. The highest BCUT2D eigenvalue weighted by molar-refractivity contribution is 5.93. The second-order valence-electron chi connectivity index (χ2n) is 7.70. The van der Waals surface area contributed by atoms with Gasteiger partial charge in [0.15, 0.2) is 0 Å². The smallest absolute Gasteiger partial charge is 0.328 e. The Hall–Kier alpha value is -2.84. The van der Waals surface area contributed by atoms with Gasteiger partial charge in [-0.15, -0.1) is 12.4 Å². The van der Waals surface area contributed by atoms with Crippen molar-refractivity contribution in [3.8, 4) is 0 Å². The molecule has 174 valence electrons. The first kappa shape index (κ1) is 25.4. The molecule has 0 unspecified atom stereocenters. The summed E-state index contributed by atoms with van der Waals surface area (Å²) in [5, 5.41) is 6.60. The number of para-hydroxylation sites is 1. The molecular formula is C23H31ClN4O4. The minimum Gasteiger partial charge on any atom is -0.467 e. The first-order valence-corrected chi connectivity index (χ1v) is 10.6. The predicted octanol–water partition coefficient (Wildman–Crippen LogP) is 1.84. The van der Waals surface area contributed by atoms with Gasteiger partial charge < -0.3 is 25.7 Å². The van der Waals surface area contributed by atoms with E-state index >= 15 is 0 Å². The van der Waals surface area contributed by atoms with E-state index < -0.39 is 24.0 Å². The zero-order chi connectivity index (χ0) is 22.2. The number of benzene rings is 1. The van der Waals surface area contributed by atoms with Crippen LogP contribution in [0.5, 0.6) is 0 Å². The number of ether oxygens (including phenoxy) is 1. The predicted molar refractivity (Wildman–Crippen MR) is 125 cm³/mol. The van der Waals surface area contributed by atoms with E-state index in [-0.39, 0.29) is 24.7 Å². The number of aromatic nitrogens is 1. The maximum absolute atomic E-state index is 12.9. The summed E-state index contributed by atoms with van der Waals surface area (Å²) in [6, 6.07) is 6.36. The molecule has 4 N–H and O–H groups in total. The molecule has 0 saturated carbocycles. The zero-order valence-electron chi connectivity index (χ0n) is 18.2. The number of methoxy groups -OCH3 is 1. The molecule has 32 heavy (non-hydrogen) atoms. The molecule has 0 aliphatic carbocycles. The molecule has 8 nitrogen and oxygen atoms in total. The van der Waals surface area contributed by atoms with Crippen LogP contribution in [0.3, 0.4) is 0 Å². The molecule has 1 aliphatic heterocycles. The number of esters is 1. The SMILES string of the molecule is COC(=O)[C@@H]1C/C=C/Cn2cc(c3ccccc32)CC(=O)N[C@H](CCCCN)C(=O)N1.Cl. The van der Waals surface area contributed by atoms with E-state index in [1.807, 2.05) is 42.6 Å². The van der Waals surface area contributed by atoms with Gasteiger partial charge in [-0.2, -0.15) is 0 Å². The van der Waals surface area contributed by atoms with Crippen molar-refractivity contribution in [1.82, 2.24) is 15.2 Å². The number of hydrogen-bond donors (Lipinski definition) is 3. The van der Waals surface area contributed by atoms with Gasteiger partial charge in [-0.05, 0) is 43.9 Å². The van der Waals surface area contributed by atoms with Crippen molar-refractivity contribution in [2.45, 2.75) is 50.7 Å². The molecule has 0 saturated heterocycles. The number of rotatable bonds is 5. The fourth-order valence-electron chi connectivity index (χ4n) is 3.84. The summed E-state index contributed by atoms with van der Waals surface area (Å²) in [6.07, 6.45) is 8.13. The Kier molecular flexibility index (Phi) is 9.74. The molecule has 2 aromatic rings. The van der Waals surface area contributed by atoms with Crippen LogP contribution in [0.25, 0.3) is 10.9 Å². The minimum absolute atomic E-state index is 0. The lowest BCUT2D eigenvalue weighted by Crippen LogP contribution is -2.52. The molecule has 2 heterocycles. The van der Waals surface area contributed by atoms with Crippen LogP contribution in [0.2, 0.25) is 0 Å². The van der Waals surface area contributed by atoms with Crippen molar-refractivity contribution in [1.29, 1.82) is 0 Å². The second-order valence-corrected chi connectivity index (χ2v) is 7.70. The van der Waals surface area contributed by atoms with E-state index in [9.17, 15) is 14.4 Å².